The van der Waals surface area contributed by atoms with Gasteiger partial charge in [-0.05, 0) is 31.2 Å². The van der Waals surface area contributed by atoms with Crippen LogP contribution in [0.2, 0.25) is 0 Å². The van der Waals surface area contributed by atoms with Crippen molar-refractivity contribution in [2.75, 3.05) is 19.6 Å². The van der Waals surface area contributed by atoms with E-state index in [2.05, 4.69) is 18.7 Å². The summed E-state index contributed by atoms with van der Waals surface area (Å²) in [6, 6.07) is 0. The lowest BCUT2D eigenvalue weighted by atomic mass is 9.87. The molecule has 0 aromatic heterocycles. The Kier molecular flexibility index (Phi) is 8.92. The minimum atomic E-state index is 0.351. The molecule has 0 spiro atoms. The maximum atomic E-state index is 12.2. The third-order valence-electron chi connectivity index (χ3n) is 4.76. The monoisotopic (exact) mass is 282 g/mol. The molecular formula is C17H34N2O. The van der Waals surface area contributed by atoms with Crippen molar-refractivity contribution in [1.29, 1.82) is 0 Å². The summed E-state index contributed by atoms with van der Waals surface area (Å²) in [6.07, 6.45) is 10.7. The Hall–Kier alpha value is -0.570. The molecule has 2 unspecified atom stereocenters. The Morgan fingerprint density at radius 2 is 1.80 bits per heavy atom. The molecule has 1 aliphatic heterocycles. The van der Waals surface area contributed by atoms with Gasteiger partial charge in [-0.1, -0.05) is 52.4 Å². The van der Waals surface area contributed by atoms with Crippen LogP contribution in [-0.2, 0) is 4.79 Å². The Morgan fingerprint density at radius 3 is 2.45 bits per heavy atom. The van der Waals surface area contributed by atoms with E-state index in [0.29, 0.717) is 24.3 Å². The molecule has 0 saturated carbocycles. The average molecular weight is 282 g/mol. The molecular weight excluding hydrogens is 248 g/mol. The summed E-state index contributed by atoms with van der Waals surface area (Å²) in [4.78, 5) is 14.2. The zero-order chi connectivity index (χ0) is 14.8. The van der Waals surface area contributed by atoms with Crippen molar-refractivity contribution in [2.24, 2.45) is 17.6 Å². The summed E-state index contributed by atoms with van der Waals surface area (Å²) < 4.78 is 0. The highest BCUT2D eigenvalue weighted by Crippen LogP contribution is 2.23. The lowest BCUT2D eigenvalue weighted by molar-refractivity contribution is -0.133. The van der Waals surface area contributed by atoms with Crippen molar-refractivity contribution in [2.45, 2.75) is 71.6 Å². The van der Waals surface area contributed by atoms with E-state index in [0.717, 1.165) is 32.4 Å². The Morgan fingerprint density at radius 1 is 1.15 bits per heavy atom. The second-order valence-corrected chi connectivity index (χ2v) is 6.47. The molecule has 2 atom stereocenters. The second kappa shape index (κ2) is 10.2. The fraction of sp³-hybridized carbons (Fsp3) is 0.941. The van der Waals surface area contributed by atoms with Crippen LogP contribution < -0.4 is 5.73 Å². The Labute approximate surface area is 125 Å². The molecule has 0 aliphatic carbocycles. The predicted octanol–water partition coefficient (Wildman–Crippen LogP) is 3.57. The lowest BCUT2D eigenvalue weighted by Crippen LogP contribution is -2.45. The van der Waals surface area contributed by atoms with E-state index in [-0.39, 0.29) is 0 Å². The van der Waals surface area contributed by atoms with Crippen LogP contribution in [0.1, 0.15) is 71.6 Å². The highest BCUT2D eigenvalue weighted by atomic mass is 16.2. The van der Waals surface area contributed by atoms with E-state index in [1.54, 1.807) is 0 Å². The van der Waals surface area contributed by atoms with Crippen LogP contribution in [0.25, 0.3) is 0 Å². The van der Waals surface area contributed by atoms with Crippen LogP contribution in [0.3, 0.4) is 0 Å². The van der Waals surface area contributed by atoms with Gasteiger partial charge in [-0.3, -0.25) is 4.79 Å². The quantitative estimate of drug-likeness (QED) is 0.657. The first-order chi connectivity index (χ1) is 9.69. The number of carbonyl (C=O) groups is 1. The molecule has 1 aliphatic rings. The molecule has 0 bridgehead atoms. The Bertz CT molecular complexity index is 268. The molecule has 1 heterocycles. The number of unbranched alkanes of at least 4 members (excludes halogenated alkanes) is 6. The van der Waals surface area contributed by atoms with Gasteiger partial charge in [0.25, 0.3) is 0 Å². The molecule has 1 saturated heterocycles. The first-order valence-corrected chi connectivity index (χ1v) is 8.66. The predicted molar refractivity (Wildman–Crippen MR) is 85.5 cm³/mol. The van der Waals surface area contributed by atoms with Crippen LogP contribution in [0.15, 0.2) is 0 Å². The summed E-state index contributed by atoms with van der Waals surface area (Å²) in [5.74, 6) is 1.52. The third-order valence-corrected chi connectivity index (χ3v) is 4.76. The number of carbonyl (C=O) groups excluding carboxylic acids is 1. The van der Waals surface area contributed by atoms with Crippen molar-refractivity contribution in [3.63, 3.8) is 0 Å². The smallest absolute Gasteiger partial charge is 0.222 e. The van der Waals surface area contributed by atoms with Crippen molar-refractivity contribution in [1.82, 2.24) is 4.90 Å². The van der Waals surface area contributed by atoms with E-state index >= 15 is 0 Å². The van der Waals surface area contributed by atoms with Crippen molar-refractivity contribution in [3.05, 3.63) is 0 Å². The van der Waals surface area contributed by atoms with Gasteiger partial charge < -0.3 is 10.6 Å². The van der Waals surface area contributed by atoms with Crippen molar-refractivity contribution >= 4 is 5.91 Å². The number of piperidine rings is 1. The average Bonchev–Trinajstić information content (AvgIpc) is 2.46. The summed E-state index contributed by atoms with van der Waals surface area (Å²) in [5.41, 5.74) is 5.80. The minimum Gasteiger partial charge on any atom is -0.342 e. The first kappa shape index (κ1) is 17.5. The number of nitrogens with zero attached hydrogens (tertiary/aromatic N) is 1. The molecule has 1 rings (SSSR count). The maximum Gasteiger partial charge on any atom is 0.222 e. The first-order valence-electron chi connectivity index (χ1n) is 8.66. The summed E-state index contributed by atoms with van der Waals surface area (Å²) in [6.45, 7) is 7.03. The summed E-state index contributed by atoms with van der Waals surface area (Å²) in [5, 5.41) is 0. The fourth-order valence-corrected chi connectivity index (χ4v) is 3.07. The van der Waals surface area contributed by atoms with Gasteiger partial charge in [0.1, 0.15) is 0 Å². The molecule has 3 nitrogen and oxygen atoms in total. The molecule has 1 amide bonds. The van der Waals surface area contributed by atoms with Gasteiger partial charge in [0, 0.05) is 19.5 Å². The lowest BCUT2D eigenvalue weighted by Gasteiger charge is -2.36. The second-order valence-electron chi connectivity index (χ2n) is 6.47. The highest BCUT2D eigenvalue weighted by molar-refractivity contribution is 5.76. The van der Waals surface area contributed by atoms with Crippen LogP contribution in [0.4, 0.5) is 0 Å². The number of likely N-dealkylation sites (tertiary alicyclic amines) is 1. The summed E-state index contributed by atoms with van der Waals surface area (Å²) >= 11 is 0. The topological polar surface area (TPSA) is 46.3 Å². The Balaban J connectivity index is 2.10. The molecule has 3 heteroatoms. The van der Waals surface area contributed by atoms with Gasteiger partial charge in [-0.25, -0.2) is 0 Å². The standard InChI is InChI=1S/C17H34N2O/c1-3-4-5-6-7-8-9-10-17(20)19-12-11-15(2)16(13-18)14-19/h15-16H,3-14,18H2,1-2H3. The fourth-order valence-electron chi connectivity index (χ4n) is 3.07. The van der Waals surface area contributed by atoms with Gasteiger partial charge in [-0.15, -0.1) is 0 Å². The molecule has 20 heavy (non-hydrogen) atoms. The zero-order valence-corrected chi connectivity index (χ0v) is 13.6. The van der Waals surface area contributed by atoms with Crippen LogP contribution in [0.5, 0.6) is 0 Å². The van der Waals surface area contributed by atoms with Gasteiger partial charge >= 0.3 is 0 Å². The van der Waals surface area contributed by atoms with Gasteiger partial charge in [-0.2, -0.15) is 0 Å². The van der Waals surface area contributed by atoms with E-state index < -0.39 is 0 Å². The van der Waals surface area contributed by atoms with Gasteiger partial charge in [0.15, 0.2) is 0 Å². The third kappa shape index (κ3) is 6.25. The highest BCUT2D eigenvalue weighted by Gasteiger charge is 2.27. The number of rotatable bonds is 9. The number of amides is 1. The number of hydrogen-bond donors (Lipinski definition) is 1. The molecule has 0 aromatic rings. The molecule has 2 N–H and O–H groups in total. The minimum absolute atomic E-state index is 0.351. The SMILES string of the molecule is CCCCCCCCCC(=O)N1CCC(C)C(CN)C1. The van der Waals surface area contributed by atoms with E-state index in [9.17, 15) is 4.79 Å². The van der Waals surface area contributed by atoms with Crippen LogP contribution >= 0.6 is 0 Å². The van der Waals surface area contributed by atoms with E-state index in [4.69, 9.17) is 5.73 Å². The molecule has 118 valence electrons. The van der Waals surface area contributed by atoms with Gasteiger partial charge in [0.2, 0.25) is 5.91 Å². The molecule has 1 fully saturated rings. The van der Waals surface area contributed by atoms with Crippen molar-refractivity contribution < 1.29 is 4.79 Å². The maximum absolute atomic E-state index is 12.2. The number of nitrogens with two attached hydrogens (primary N) is 1. The van der Waals surface area contributed by atoms with Crippen LogP contribution in [-0.4, -0.2) is 30.4 Å². The summed E-state index contributed by atoms with van der Waals surface area (Å²) in [7, 11) is 0. The van der Waals surface area contributed by atoms with E-state index in [1.165, 1.54) is 38.5 Å². The molecule has 0 aromatic carbocycles. The van der Waals surface area contributed by atoms with Crippen molar-refractivity contribution in [3.8, 4) is 0 Å². The normalized spacial score (nSPS) is 23.1. The largest absolute Gasteiger partial charge is 0.342 e. The number of hydrogen-bond acceptors (Lipinski definition) is 2. The van der Waals surface area contributed by atoms with Crippen LogP contribution in [0, 0.1) is 11.8 Å². The van der Waals surface area contributed by atoms with E-state index in [1.807, 2.05) is 0 Å². The van der Waals surface area contributed by atoms with Gasteiger partial charge in [0.05, 0.1) is 0 Å². The molecule has 0 radical (unpaired) electrons. The zero-order valence-electron chi connectivity index (χ0n) is 13.6.